The summed E-state index contributed by atoms with van der Waals surface area (Å²) in [5.74, 6) is 1.64. The van der Waals surface area contributed by atoms with Crippen LogP contribution in [-0.2, 0) is 9.47 Å². The van der Waals surface area contributed by atoms with Gasteiger partial charge in [-0.25, -0.2) is 4.79 Å². The molecule has 0 aromatic carbocycles. The molecule has 1 atom stereocenters. The van der Waals surface area contributed by atoms with Gasteiger partial charge in [0.1, 0.15) is 5.60 Å². The summed E-state index contributed by atoms with van der Waals surface area (Å²) >= 11 is 0. The third-order valence-electron chi connectivity index (χ3n) is 5.54. The normalized spacial score (nSPS) is 22.1. The van der Waals surface area contributed by atoms with Crippen molar-refractivity contribution in [2.24, 2.45) is 10.9 Å². The molecule has 0 aromatic rings. The van der Waals surface area contributed by atoms with E-state index in [2.05, 4.69) is 22.3 Å². The van der Waals surface area contributed by atoms with Gasteiger partial charge < -0.3 is 24.6 Å². The maximum Gasteiger partial charge on any atom is 0.410 e. The second-order valence-electron chi connectivity index (χ2n) is 9.02. The maximum atomic E-state index is 12.6. The number of likely N-dealkylation sites (tertiary alicyclic amines) is 1. The van der Waals surface area contributed by atoms with Crippen LogP contribution in [0.3, 0.4) is 0 Å². The number of nitrogens with zero attached hydrogens (tertiary/aromatic N) is 3. The van der Waals surface area contributed by atoms with E-state index in [9.17, 15) is 4.79 Å². The molecule has 2 aliphatic heterocycles. The van der Waals surface area contributed by atoms with Crippen LogP contribution in [0.15, 0.2) is 4.99 Å². The molecule has 2 saturated heterocycles. The minimum atomic E-state index is -0.465. The van der Waals surface area contributed by atoms with Gasteiger partial charge in [-0.2, -0.15) is 0 Å². The number of carbonyl (C=O) groups is 1. The van der Waals surface area contributed by atoms with E-state index in [1.165, 1.54) is 0 Å². The summed E-state index contributed by atoms with van der Waals surface area (Å²) in [6.07, 6.45) is 6.45. The predicted octanol–water partition coefficient (Wildman–Crippen LogP) is 3.10. The third kappa shape index (κ3) is 7.49. The summed E-state index contributed by atoms with van der Waals surface area (Å²) in [7, 11) is 3.90. The highest BCUT2D eigenvalue weighted by Crippen LogP contribution is 2.21. The first-order valence-corrected chi connectivity index (χ1v) is 10.8. The van der Waals surface area contributed by atoms with Gasteiger partial charge in [0.2, 0.25) is 0 Å². The standard InChI is InChI=1S/C21H40N4O3/c1-21(2,3)28-20(26)25-12-7-6-8-18(25)16-23-19(22-4)24(5)13-9-17-10-14-27-15-11-17/h17-18H,6-16H2,1-5H3,(H,22,23). The Bertz CT molecular complexity index is 512. The topological polar surface area (TPSA) is 66.4 Å². The largest absolute Gasteiger partial charge is 0.444 e. The second kappa shape index (κ2) is 10.9. The van der Waals surface area contributed by atoms with Crippen LogP contribution < -0.4 is 5.32 Å². The van der Waals surface area contributed by atoms with Crippen molar-refractivity contribution in [1.82, 2.24) is 15.1 Å². The Hall–Kier alpha value is -1.50. The minimum absolute atomic E-state index is 0.143. The van der Waals surface area contributed by atoms with E-state index < -0.39 is 5.60 Å². The quantitative estimate of drug-likeness (QED) is 0.571. The number of piperidine rings is 1. The van der Waals surface area contributed by atoms with E-state index in [4.69, 9.17) is 9.47 Å². The summed E-state index contributed by atoms with van der Waals surface area (Å²) in [6, 6.07) is 0.143. The Morgan fingerprint density at radius 3 is 2.61 bits per heavy atom. The lowest BCUT2D eigenvalue weighted by atomic mass is 9.96. The van der Waals surface area contributed by atoms with Crippen molar-refractivity contribution >= 4 is 12.1 Å². The summed E-state index contributed by atoms with van der Waals surface area (Å²) in [5, 5.41) is 3.48. The SMILES string of the molecule is CN=C(NCC1CCCCN1C(=O)OC(C)(C)C)N(C)CCC1CCOCC1. The molecule has 1 unspecified atom stereocenters. The van der Waals surface area contributed by atoms with Crippen molar-refractivity contribution < 1.29 is 14.3 Å². The molecule has 2 fully saturated rings. The minimum Gasteiger partial charge on any atom is -0.444 e. The molecule has 0 aliphatic carbocycles. The van der Waals surface area contributed by atoms with Crippen LogP contribution in [-0.4, -0.2) is 80.4 Å². The molecule has 7 heteroatoms. The zero-order valence-electron chi connectivity index (χ0n) is 18.5. The van der Waals surface area contributed by atoms with Crippen LogP contribution in [0.4, 0.5) is 4.79 Å². The molecule has 1 N–H and O–H groups in total. The van der Waals surface area contributed by atoms with Gasteiger partial charge in [0.05, 0.1) is 6.04 Å². The van der Waals surface area contributed by atoms with E-state index in [0.29, 0.717) is 6.54 Å². The molecule has 2 rings (SSSR count). The number of amides is 1. The number of hydrogen-bond acceptors (Lipinski definition) is 4. The average molecular weight is 397 g/mol. The second-order valence-corrected chi connectivity index (χ2v) is 9.02. The monoisotopic (exact) mass is 396 g/mol. The Kier molecular flexibility index (Phi) is 8.86. The van der Waals surface area contributed by atoms with Crippen LogP contribution in [0.25, 0.3) is 0 Å². The van der Waals surface area contributed by atoms with Gasteiger partial charge in [0, 0.05) is 46.9 Å². The molecule has 0 bridgehead atoms. The van der Waals surface area contributed by atoms with Gasteiger partial charge in [-0.1, -0.05) is 0 Å². The lowest BCUT2D eigenvalue weighted by molar-refractivity contribution is 0.0103. The molecular formula is C21H40N4O3. The van der Waals surface area contributed by atoms with E-state index in [1.807, 2.05) is 32.7 Å². The van der Waals surface area contributed by atoms with Gasteiger partial charge in [-0.15, -0.1) is 0 Å². The summed E-state index contributed by atoms with van der Waals surface area (Å²) in [6.45, 7) is 9.97. The summed E-state index contributed by atoms with van der Waals surface area (Å²) in [5.41, 5.74) is -0.465. The summed E-state index contributed by atoms with van der Waals surface area (Å²) < 4.78 is 11.1. The van der Waals surface area contributed by atoms with Crippen molar-refractivity contribution in [1.29, 1.82) is 0 Å². The molecule has 28 heavy (non-hydrogen) atoms. The molecular weight excluding hydrogens is 356 g/mol. The van der Waals surface area contributed by atoms with Crippen LogP contribution >= 0.6 is 0 Å². The molecule has 1 amide bonds. The highest BCUT2D eigenvalue weighted by atomic mass is 16.6. The zero-order valence-corrected chi connectivity index (χ0v) is 18.5. The van der Waals surface area contributed by atoms with Gasteiger partial charge in [0.15, 0.2) is 5.96 Å². The Morgan fingerprint density at radius 1 is 1.25 bits per heavy atom. The molecule has 162 valence electrons. The molecule has 2 aliphatic rings. The van der Waals surface area contributed by atoms with Crippen molar-refractivity contribution in [3.63, 3.8) is 0 Å². The van der Waals surface area contributed by atoms with E-state index >= 15 is 0 Å². The van der Waals surface area contributed by atoms with Crippen LogP contribution in [0.2, 0.25) is 0 Å². The fourth-order valence-electron chi connectivity index (χ4n) is 3.88. The van der Waals surface area contributed by atoms with E-state index in [1.54, 1.807) is 0 Å². The highest BCUT2D eigenvalue weighted by Gasteiger charge is 2.30. The van der Waals surface area contributed by atoms with Crippen LogP contribution in [0.1, 0.15) is 59.3 Å². The molecule has 7 nitrogen and oxygen atoms in total. The van der Waals surface area contributed by atoms with Gasteiger partial charge in [-0.05, 0) is 65.2 Å². The number of ether oxygens (including phenoxy) is 2. The number of carbonyl (C=O) groups excluding carboxylic acids is 1. The molecule has 0 saturated carbocycles. The van der Waals surface area contributed by atoms with Gasteiger partial charge >= 0.3 is 6.09 Å². The Labute approximate surface area is 170 Å². The molecule has 0 spiro atoms. The van der Waals surface area contributed by atoms with Crippen molar-refractivity contribution in [2.45, 2.75) is 70.9 Å². The molecule has 0 aromatic heterocycles. The smallest absolute Gasteiger partial charge is 0.410 e. The van der Waals surface area contributed by atoms with Crippen molar-refractivity contribution in [3.05, 3.63) is 0 Å². The Morgan fingerprint density at radius 2 is 1.96 bits per heavy atom. The number of hydrogen-bond donors (Lipinski definition) is 1. The van der Waals surface area contributed by atoms with E-state index in [-0.39, 0.29) is 12.1 Å². The zero-order chi connectivity index (χ0) is 20.6. The van der Waals surface area contributed by atoms with Crippen molar-refractivity contribution in [2.75, 3.05) is 46.9 Å². The number of rotatable bonds is 5. The average Bonchev–Trinajstić information content (AvgIpc) is 2.66. The van der Waals surface area contributed by atoms with Gasteiger partial charge in [-0.3, -0.25) is 4.99 Å². The predicted molar refractivity (Wildman–Crippen MR) is 113 cm³/mol. The lowest BCUT2D eigenvalue weighted by Crippen LogP contribution is -2.52. The molecule has 0 radical (unpaired) electrons. The lowest BCUT2D eigenvalue weighted by Gasteiger charge is -2.37. The Balaban J connectivity index is 1.83. The molecule has 2 heterocycles. The highest BCUT2D eigenvalue weighted by molar-refractivity contribution is 5.79. The fourth-order valence-corrected chi connectivity index (χ4v) is 3.88. The summed E-state index contributed by atoms with van der Waals surface area (Å²) in [4.78, 5) is 21.1. The van der Waals surface area contributed by atoms with Gasteiger partial charge in [0.25, 0.3) is 0 Å². The number of guanidine groups is 1. The van der Waals surface area contributed by atoms with E-state index in [0.717, 1.165) is 76.7 Å². The maximum absolute atomic E-state index is 12.6. The number of aliphatic imine (C=N–C) groups is 1. The van der Waals surface area contributed by atoms with Crippen LogP contribution in [0.5, 0.6) is 0 Å². The van der Waals surface area contributed by atoms with Crippen molar-refractivity contribution in [3.8, 4) is 0 Å². The third-order valence-corrected chi connectivity index (χ3v) is 5.54. The first kappa shape index (κ1) is 22.8. The van der Waals surface area contributed by atoms with Crippen LogP contribution in [0, 0.1) is 5.92 Å². The number of nitrogens with one attached hydrogen (secondary N) is 1. The first-order chi connectivity index (χ1) is 13.3. The fraction of sp³-hybridized carbons (Fsp3) is 0.905. The first-order valence-electron chi connectivity index (χ1n) is 10.8.